The number of hydrogen-bond acceptors (Lipinski definition) is 2. The van der Waals surface area contributed by atoms with E-state index in [4.69, 9.17) is 4.98 Å². The summed E-state index contributed by atoms with van der Waals surface area (Å²) in [5.74, 6) is 0. The maximum atomic E-state index is 4.88. The Labute approximate surface area is 115 Å². The Kier molecular flexibility index (Phi) is 2.73. The fraction of sp³-hybridized carbons (Fsp3) is 0.357. The van der Waals surface area contributed by atoms with Crippen LogP contribution in [0.25, 0.3) is 10.9 Å². The fourth-order valence-corrected chi connectivity index (χ4v) is 3.44. The molecule has 0 unspecified atom stereocenters. The van der Waals surface area contributed by atoms with E-state index in [1.807, 2.05) is 7.05 Å². The van der Waals surface area contributed by atoms with Gasteiger partial charge in [0.25, 0.3) is 0 Å². The minimum atomic E-state index is 1.13. The highest BCUT2D eigenvalue weighted by atomic mass is 127. The Morgan fingerprint density at radius 3 is 2.88 bits per heavy atom. The highest BCUT2D eigenvalue weighted by Gasteiger charge is 2.20. The van der Waals surface area contributed by atoms with E-state index < -0.39 is 0 Å². The van der Waals surface area contributed by atoms with E-state index in [-0.39, 0.29) is 0 Å². The molecule has 88 valence electrons. The maximum Gasteiger partial charge on any atom is 0.0766 e. The van der Waals surface area contributed by atoms with Gasteiger partial charge in [-0.25, -0.2) is 0 Å². The van der Waals surface area contributed by atoms with Crippen molar-refractivity contribution in [3.05, 3.63) is 32.5 Å². The van der Waals surface area contributed by atoms with Crippen molar-refractivity contribution in [1.82, 2.24) is 4.98 Å². The van der Waals surface area contributed by atoms with Crippen LogP contribution in [0.3, 0.4) is 0 Å². The minimum absolute atomic E-state index is 1.13. The number of anilines is 1. The molecule has 1 N–H and O–H groups in total. The van der Waals surface area contributed by atoms with Crippen molar-refractivity contribution in [2.24, 2.45) is 0 Å². The Morgan fingerprint density at radius 2 is 2.12 bits per heavy atom. The number of aryl methyl sites for hydroxylation is 2. The third-order valence-electron chi connectivity index (χ3n) is 3.57. The zero-order valence-corrected chi connectivity index (χ0v) is 12.3. The lowest BCUT2D eigenvalue weighted by Crippen LogP contribution is -2.01. The maximum absolute atomic E-state index is 4.88. The van der Waals surface area contributed by atoms with Gasteiger partial charge in [0.2, 0.25) is 0 Å². The predicted octanol–water partition coefficient (Wildman–Crippen LogP) is 3.68. The molecule has 0 saturated heterocycles. The van der Waals surface area contributed by atoms with Gasteiger partial charge in [0.1, 0.15) is 0 Å². The number of pyridine rings is 1. The lowest BCUT2D eigenvalue weighted by molar-refractivity contribution is 0.901. The standard InChI is InChI=1S/C14H15IN2/c1-8-6-7-10(15)12-13(8)17-11-5-3-4-9(11)14(12)16-2/h6-7H,3-5H2,1-2H3,(H,16,17). The van der Waals surface area contributed by atoms with Crippen molar-refractivity contribution in [1.29, 1.82) is 0 Å². The minimum Gasteiger partial charge on any atom is -0.387 e. The van der Waals surface area contributed by atoms with Crippen molar-refractivity contribution in [3.8, 4) is 0 Å². The number of rotatable bonds is 1. The lowest BCUT2D eigenvalue weighted by Gasteiger charge is -2.14. The van der Waals surface area contributed by atoms with Crippen molar-refractivity contribution in [2.75, 3.05) is 12.4 Å². The van der Waals surface area contributed by atoms with Gasteiger partial charge < -0.3 is 5.32 Å². The summed E-state index contributed by atoms with van der Waals surface area (Å²) in [6, 6.07) is 4.35. The summed E-state index contributed by atoms with van der Waals surface area (Å²) in [6.45, 7) is 2.15. The summed E-state index contributed by atoms with van der Waals surface area (Å²) in [5.41, 5.74) is 6.47. The topological polar surface area (TPSA) is 24.9 Å². The number of fused-ring (bicyclic) bond motifs is 2. The molecule has 1 heterocycles. The summed E-state index contributed by atoms with van der Waals surface area (Å²) in [6.07, 6.45) is 3.53. The van der Waals surface area contributed by atoms with E-state index in [1.54, 1.807) is 0 Å². The molecule has 1 aliphatic carbocycles. The number of halogens is 1. The molecule has 1 aromatic heterocycles. The zero-order chi connectivity index (χ0) is 12.0. The van der Waals surface area contributed by atoms with Gasteiger partial charge >= 0.3 is 0 Å². The van der Waals surface area contributed by atoms with E-state index >= 15 is 0 Å². The molecule has 0 spiro atoms. The van der Waals surface area contributed by atoms with Gasteiger partial charge in [-0.2, -0.15) is 0 Å². The normalized spacial score (nSPS) is 14.1. The van der Waals surface area contributed by atoms with Gasteiger partial charge in [0.05, 0.1) is 5.52 Å². The van der Waals surface area contributed by atoms with Gasteiger partial charge in [0.15, 0.2) is 0 Å². The van der Waals surface area contributed by atoms with Gasteiger partial charge in [-0.05, 0) is 66.0 Å². The molecule has 0 atom stereocenters. The first-order valence-electron chi connectivity index (χ1n) is 6.00. The number of aromatic nitrogens is 1. The Hall–Kier alpha value is -0.840. The number of nitrogens with zero attached hydrogens (tertiary/aromatic N) is 1. The lowest BCUT2D eigenvalue weighted by atomic mass is 10.0. The first-order valence-corrected chi connectivity index (χ1v) is 7.08. The molecule has 0 radical (unpaired) electrons. The SMILES string of the molecule is CNc1c2c(nc3c(C)ccc(I)c13)CCC2. The smallest absolute Gasteiger partial charge is 0.0766 e. The van der Waals surface area contributed by atoms with Crippen molar-refractivity contribution >= 4 is 39.2 Å². The average molecular weight is 338 g/mol. The zero-order valence-electron chi connectivity index (χ0n) is 10.1. The first kappa shape index (κ1) is 11.3. The van der Waals surface area contributed by atoms with Crippen LogP contribution in [-0.2, 0) is 12.8 Å². The number of hydrogen-bond donors (Lipinski definition) is 1. The van der Waals surface area contributed by atoms with Gasteiger partial charge in [-0.3, -0.25) is 4.98 Å². The molecule has 3 heteroatoms. The van der Waals surface area contributed by atoms with E-state index in [2.05, 4.69) is 47.0 Å². The van der Waals surface area contributed by atoms with Crippen LogP contribution >= 0.6 is 22.6 Å². The van der Waals surface area contributed by atoms with Crippen LogP contribution in [0.2, 0.25) is 0 Å². The molecule has 0 aliphatic heterocycles. The summed E-state index contributed by atoms with van der Waals surface area (Å²) in [7, 11) is 2.02. The third-order valence-corrected chi connectivity index (χ3v) is 4.47. The molecule has 0 amide bonds. The van der Waals surface area contributed by atoms with Crippen LogP contribution in [0, 0.1) is 10.5 Å². The van der Waals surface area contributed by atoms with Crippen LogP contribution in [0.15, 0.2) is 12.1 Å². The molecule has 1 aliphatic rings. The molecule has 2 aromatic rings. The molecule has 3 rings (SSSR count). The van der Waals surface area contributed by atoms with Crippen molar-refractivity contribution < 1.29 is 0 Å². The van der Waals surface area contributed by atoms with Crippen molar-refractivity contribution in [2.45, 2.75) is 26.2 Å². The third kappa shape index (κ3) is 1.63. The molecular weight excluding hydrogens is 323 g/mol. The quantitative estimate of drug-likeness (QED) is 0.803. The van der Waals surface area contributed by atoms with Crippen LogP contribution < -0.4 is 5.32 Å². The number of nitrogens with one attached hydrogen (secondary N) is 1. The second-order valence-electron chi connectivity index (χ2n) is 4.60. The molecule has 17 heavy (non-hydrogen) atoms. The summed E-state index contributed by atoms with van der Waals surface area (Å²) in [5, 5.41) is 4.69. The van der Waals surface area contributed by atoms with E-state index in [0.717, 1.165) is 6.42 Å². The molecule has 1 aromatic carbocycles. The van der Waals surface area contributed by atoms with Crippen LogP contribution in [0.1, 0.15) is 23.2 Å². The number of benzene rings is 1. The van der Waals surface area contributed by atoms with E-state index in [9.17, 15) is 0 Å². The van der Waals surface area contributed by atoms with Crippen LogP contribution in [0.4, 0.5) is 5.69 Å². The van der Waals surface area contributed by atoms with E-state index in [0.29, 0.717) is 0 Å². The Bertz CT molecular complexity index is 605. The summed E-state index contributed by atoms with van der Waals surface area (Å²) < 4.78 is 1.29. The molecule has 0 fully saturated rings. The monoisotopic (exact) mass is 338 g/mol. The highest BCUT2D eigenvalue weighted by Crippen LogP contribution is 2.37. The highest BCUT2D eigenvalue weighted by molar-refractivity contribution is 14.1. The fourth-order valence-electron chi connectivity index (χ4n) is 2.73. The second kappa shape index (κ2) is 4.12. The van der Waals surface area contributed by atoms with E-state index in [1.165, 1.54) is 49.8 Å². The largest absolute Gasteiger partial charge is 0.387 e. The van der Waals surface area contributed by atoms with Gasteiger partial charge in [-0.15, -0.1) is 0 Å². The molecular formula is C14H15IN2. The predicted molar refractivity (Wildman–Crippen MR) is 80.8 cm³/mol. The van der Waals surface area contributed by atoms with Crippen LogP contribution in [0.5, 0.6) is 0 Å². The molecule has 2 nitrogen and oxygen atoms in total. The molecule has 0 saturated carbocycles. The van der Waals surface area contributed by atoms with Gasteiger partial charge in [0, 0.05) is 27.4 Å². The Balaban J connectivity index is 2.49. The average Bonchev–Trinajstić information content (AvgIpc) is 2.79. The van der Waals surface area contributed by atoms with Crippen molar-refractivity contribution in [3.63, 3.8) is 0 Å². The summed E-state index contributed by atoms with van der Waals surface area (Å²) >= 11 is 2.41. The molecule has 0 bridgehead atoms. The second-order valence-corrected chi connectivity index (χ2v) is 5.77. The van der Waals surface area contributed by atoms with Crippen LogP contribution in [-0.4, -0.2) is 12.0 Å². The summed E-state index contributed by atoms with van der Waals surface area (Å²) in [4.78, 5) is 4.88. The first-order chi connectivity index (χ1) is 8.22. The van der Waals surface area contributed by atoms with Gasteiger partial charge in [-0.1, -0.05) is 6.07 Å². The Morgan fingerprint density at radius 1 is 1.29 bits per heavy atom.